The number of carbonyl (C=O) groups excluding carboxylic acids is 1. The molecule has 1 N–H and O–H groups in total. The van der Waals surface area contributed by atoms with Gasteiger partial charge in [-0.05, 0) is 26.8 Å². The Bertz CT molecular complexity index is 293. The summed E-state index contributed by atoms with van der Waals surface area (Å²) in [4.78, 5) is 13.8. The number of hydrogen-bond donors (Lipinski definition) is 1. The third kappa shape index (κ3) is 2.68. The van der Waals surface area contributed by atoms with Crippen molar-refractivity contribution >= 4 is 5.91 Å². The molecule has 18 heavy (non-hydrogen) atoms. The van der Waals surface area contributed by atoms with Crippen molar-refractivity contribution in [2.75, 3.05) is 27.3 Å². The summed E-state index contributed by atoms with van der Waals surface area (Å²) in [7, 11) is 3.71. The molecule has 0 aromatic heterocycles. The Morgan fingerprint density at radius 1 is 1.33 bits per heavy atom. The summed E-state index contributed by atoms with van der Waals surface area (Å²) in [6.45, 7) is 3.38. The smallest absolute Gasteiger partial charge is 0.236 e. The molecule has 0 aromatic rings. The Hall–Kier alpha value is -0.650. The molecule has 0 aromatic carbocycles. The highest BCUT2D eigenvalue weighted by Gasteiger charge is 2.41. The van der Waals surface area contributed by atoms with E-state index in [1.165, 1.54) is 0 Å². The fourth-order valence-corrected chi connectivity index (χ4v) is 2.95. The molecule has 1 saturated heterocycles. The summed E-state index contributed by atoms with van der Waals surface area (Å²) >= 11 is 0. The zero-order chi connectivity index (χ0) is 13.2. The van der Waals surface area contributed by atoms with Crippen LogP contribution in [0.2, 0.25) is 0 Å². The first kappa shape index (κ1) is 13.8. The molecular weight excluding hydrogens is 232 g/mol. The minimum atomic E-state index is -0.312. The van der Waals surface area contributed by atoms with Crippen molar-refractivity contribution < 1.29 is 14.3 Å². The Balaban J connectivity index is 1.87. The van der Waals surface area contributed by atoms with Crippen molar-refractivity contribution in [3.05, 3.63) is 0 Å². The number of ether oxygens (including phenoxy) is 2. The first-order valence-corrected chi connectivity index (χ1v) is 6.79. The molecule has 1 aliphatic carbocycles. The number of rotatable bonds is 3. The lowest BCUT2D eigenvalue weighted by atomic mass is 9.88. The second-order valence-electron chi connectivity index (χ2n) is 5.29. The maximum absolute atomic E-state index is 11.6. The Kier molecular flexibility index (Phi) is 4.25. The first-order chi connectivity index (χ1) is 8.58. The number of likely N-dealkylation sites (N-methyl/N-ethyl adjacent to an activating group) is 2. The minimum Gasteiger partial charge on any atom is -0.358 e. The van der Waals surface area contributed by atoms with Gasteiger partial charge < -0.3 is 14.8 Å². The fourth-order valence-electron chi connectivity index (χ4n) is 2.95. The van der Waals surface area contributed by atoms with Crippen LogP contribution >= 0.6 is 0 Å². The highest BCUT2D eigenvalue weighted by Crippen LogP contribution is 2.37. The maximum atomic E-state index is 11.6. The Morgan fingerprint density at radius 3 is 2.39 bits per heavy atom. The highest BCUT2D eigenvalue weighted by atomic mass is 16.7. The molecule has 104 valence electrons. The molecule has 1 amide bonds. The van der Waals surface area contributed by atoms with Gasteiger partial charge in [-0.3, -0.25) is 9.69 Å². The first-order valence-electron chi connectivity index (χ1n) is 6.79. The highest BCUT2D eigenvalue weighted by molar-refractivity contribution is 5.80. The number of nitrogens with zero attached hydrogens (tertiary/aromatic N) is 1. The molecular formula is C13H24N2O3. The average molecular weight is 256 g/mol. The van der Waals surface area contributed by atoms with Gasteiger partial charge in [-0.25, -0.2) is 0 Å². The van der Waals surface area contributed by atoms with E-state index < -0.39 is 0 Å². The van der Waals surface area contributed by atoms with E-state index in [2.05, 4.69) is 10.2 Å². The molecule has 1 aliphatic heterocycles. The van der Waals surface area contributed by atoms with Gasteiger partial charge >= 0.3 is 0 Å². The second kappa shape index (κ2) is 5.55. The van der Waals surface area contributed by atoms with Crippen LogP contribution in [0.25, 0.3) is 0 Å². The summed E-state index contributed by atoms with van der Waals surface area (Å²) in [6, 6.07) is 0.357. The number of carbonyl (C=O) groups is 1. The van der Waals surface area contributed by atoms with Crippen LogP contribution in [-0.2, 0) is 14.3 Å². The second-order valence-corrected chi connectivity index (χ2v) is 5.29. The standard InChI is InChI=1S/C13H24N2O3/c1-10(12(16)14-2)15(3)11-4-6-13(7-5-11)17-8-9-18-13/h10-11H,4-9H2,1-3H3,(H,14,16). The number of hydrogen-bond acceptors (Lipinski definition) is 4. The third-order valence-electron chi connectivity index (χ3n) is 4.34. The summed E-state index contributed by atoms with van der Waals surface area (Å²) in [6.07, 6.45) is 3.92. The van der Waals surface area contributed by atoms with Crippen LogP contribution in [0.5, 0.6) is 0 Å². The van der Waals surface area contributed by atoms with Gasteiger partial charge in [0.05, 0.1) is 19.3 Å². The quantitative estimate of drug-likeness (QED) is 0.809. The van der Waals surface area contributed by atoms with E-state index >= 15 is 0 Å². The molecule has 2 rings (SSSR count). The van der Waals surface area contributed by atoms with E-state index in [0.29, 0.717) is 6.04 Å². The molecule has 1 saturated carbocycles. The van der Waals surface area contributed by atoms with Crippen LogP contribution < -0.4 is 5.32 Å². The molecule has 1 atom stereocenters. The topological polar surface area (TPSA) is 50.8 Å². The number of amides is 1. The predicted molar refractivity (Wildman–Crippen MR) is 68.2 cm³/mol. The average Bonchev–Trinajstić information content (AvgIpc) is 2.85. The molecule has 5 nitrogen and oxygen atoms in total. The van der Waals surface area contributed by atoms with E-state index in [9.17, 15) is 4.79 Å². The van der Waals surface area contributed by atoms with Gasteiger partial charge in [0.15, 0.2) is 5.79 Å². The van der Waals surface area contributed by atoms with E-state index in [1.54, 1.807) is 7.05 Å². The zero-order valence-corrected chi connectivity index (χ0v) is 11.6. The van der Waals surface area contributed by atoms with E-state index in [1.807, 2.05) is 14.0 Å². The van der Waals surface area contributed by atoms with Crippen molar-refractivity contribution in [3.8, 4) is 0 Å². The lowest BCUT2D eigenvalue weighted by Gasteiger charge is -2.40. The zero-order valence-electron chi connectivity index (χ0n) is 11.6. The lowest BCUT2D eigenvalue weighted by Crippen LogP contribution is -2.50. The summed E-state index contributed by atoms with van der Waals surface area (Å²) in [5.41, 5.74) is 0. The monoisotopic (exact) mass is 256 g/mol. The summed E-state index contributed by atoms with van der Waals surface area (Å²) in [5.74, 6) is -0.237. The van der Waals surface area contributed by atoms with Crippen molar-refractivity contribution in [1.29, 1.82) is 0 Å². The van der Waals surface area contributed by atoms with Gasteiger partial charge in [0.25, 0.3) is 0 Å². The van der Waals surface area contributed by atoms with Crippen LogP contribution in [0.3, 0.4) is 0 Å². The predicted octanol–water partition coefficient (Wildman–Crippen LogP) is 0.738. The Labute approximate surface area is 109 Å². The van der Waals surface area contributed by atoms with Crippen molar-refractivity contribution in [2.45, 2.75) is 50.5 Å². The molecule has 0 bridgehead atoms. The molecule has 2 fully saturated rings. The van der Waals surface area contributed by atoms with E-state index in [4.69, 9.17) is 9.47 Å². The molecule has 1 unspecified atom stereocenters. The van der Waals surface area contributed by atoms with Crippen molar-refractivity contribution in [3.63, 3.8) is 0 Å². The third-order valence-corrected chi connectivity index (χ3v) is 4.34. The van der Waals surface area contributed by atoms with Crippen LogP contribution in [0, 0.1) is 0 Å². The SMILES string of the molecule is CNC(=O)C(C)N(C)C1CCC2(CC1)OCCO2. The Morgan fingerprint density at radius 2 is 1.89 bits per heavy atom. The summed E-state index contributed by atoms with van der Waals surface area (Å²) < 4.78 is 11.4. The van der Waals surface area contributed by atoms with Crippen molar-refractivity contribution in [1.82, 2.24) is 10.2 Å². The molecule has 2 aliphatic rings. The fraction of sp³-hybridized carbons (Fsp3) is 0.923. The van der Waals surface area contributed by atoms with Gasteiger partial charge in [-0.2, -0.15) is 0 Å². The lowest BCUT2D eigenvalue weighted by molar-refractivity contribution is -0.184. The van der Waals surface area contributed by atoms with Crippen LogP contribution in [0.4, 0.5) is 0 Å². The largest absolute Gasteiger partial charge is 0.358 e. The molecule has 5 heteroatoms. The van der Waals surface area contributed by atoms with E-state index in [0.717, 1.165) is 38.9 Å². The van der Waals surface area contributed by atoms with Gasteiger partial charge in [0.1, 0.15) is 0 Å². The van der Waals surface area contributed by atoms with Gasteiger partial charge in [0, 0.05) is 25.9 Å². The van der Waals surface area contributed by atoms with Gasteiger partial charge in [0.2, 0.25) is 5.91 Å². The van der Waals surface area contributed by atoms with Gasteiger partial charge in [-0.15, -0.1) is 0 Å². The van der Waals surface area contributed by atoms with E-state index in [-0.39, 0.29) is 17.7 Å². The molecule has 1 heterocycles. The van der Waals surface area contributed by atoms with Crippen LogP contribution in [0.15, 0.2) is 0 Å². The van der Waals surface area contributed by atoms with Crippen molar-refractivity contribution in [2.24, 2.45) is 0 Å². The van der Waals surface area contributed by atoms with Gasteiger partial charge in [-0.1, -0.05) is 0 Å². The maximum Gasteiger partial charge on any atom is 0.236 e. The van der Waals surface area contributed by atoms with Crippen LogP contribution in [0.1, 0.15) is 32.6 Å². The number of nitrogens with one attached hydrogen (secondary N) is 1. The van der Waals surface area contributed by atoms with Crippen LogP contribution in [-0.4, -0.2) is 56.0 Å². The molecule has 0 radical (unpaired) electrons. The normalized spacial score (nSPS) is 25.6. The summed E-state index contributed by atoms with van der Waals surface area (Å²) in [5, 5.41) is 2.70. The molecule has 1 spiro atoms. The minimum absolute atomic E-state index is 0.0751.